The minimum atomic E-state index is -0.154. The van der Waals surface area contributed by atoms with Crippen molar-refractivity contribution < 1.29 is 9.21 Å². The van der Waals surface area contributed by atoms with Gasteiger partial charge in [-0.25, -0.2) is 0 Å². The Morgan fingerprint density at radius 1 is 1.38 bits per heavy atom. The molecule has 1 aromatic carbocycles. The summed E-state index contributed by atoms with van der Waals surface area (Å²) in [5.41, 5.74) is 3.18. The van der Waals surface area contributed by atoms with E-state index in [1.807, 2.05) is 25.1 Å². The first kappa shape index (κ1) is 15.6. The average Bonchev–Trinajstić information content (AvgIpc) is 2.89. The molecule has 3 rings (SSSR count). The number of hydrogen-bond donors (Lipinski definition) is 2. The van der Waals surface area contributed by atoms with Gasteiger partial charge < -0.3 is 15.1 Å². The molecule has 1 aliphatic heterocycles. The molecule has 2 N–H and O–H groups in total. The summed E-state index contributed by atoms with van der Waals surface area (Å²) in [6, 6.07) is 7.70. The van der Waals surface area contributed by atoms with Crippen molar-refractivity contribution in [1.29, 1.82) is 0 Å². The monoisotopic (exact) mass is 306 g/mol. The summed E-state index contributed by atoms with van der Waals surface area (Å²) >= 11 is 0. The predicted molar refractivity (Wildman–Crippen MR) is 86.1 cm³/mol. The number of aryl methyl sites for hydroxylation is 1. The van der Waals surface area contributed by atoms with E-state index in [2.05, 4.69) is 16.7 Å². The molecule has 0 radical (unpaired) electrons. The van der Waals surface area contributed by atoms with Crippen molar-refractivity contribution in [2.45, 2.75) is 13.3 Å². The van der Waals surface area contributed by atoms with Crippen molar-refractivity contribution in [3.05, 3.63) is 47.2 Å². The normalized spacial score (nSPS) is 14.4. The minimum absolute atomic E-state index is 0. The SMILES string of the molecule is Cc1ccc2oc(C(=O)NCC3=CCNCC3)cc2c1.Cl. The molecule has 1 aliphatic rings. The van der Waals surface area contributed by atoms with E-state index in [0.717, 1.165) is 36.0 Å². The number of halogens is 1. The number of hydrogen-bond acceptors (Lipinski definition) is 3. The van der Waals surface area contributed by atoms with Crippen molar-refractivity contribution in [3.63, 3.8) is 0 Å². The number of nitrogens with one attached hydrogen (secondary N) is 2. The molecule has 0 saturated carbocycles. The summed E-state index contributed by atoms with van der Waals surface area (Å²) in [6.07, 6.45) is 3.12. The molecule has 0 spiro atoms. The standard InChI is InChI=1S/C16H18N2O2.ClH/c1-11-2-3-14-13(8-11)9-15(20-14)16(19)18-10-12-4-6-17-7-5-12;/h2-4,8-9,17H,5-7,10H2,1H3,(H,18,19);1H. The van der Waals surface area contributed by atoms with Gasteiger partial charge in [0.2, 0.25) is 0 Å². The number of benzene rings is 1. The first-order valence-electron chi connectivity index (χ1n) is 6.89. The van der Waals surface area contributed by atoms with Crippen LogP contribution < -0.4 is 10.6 Å². The van der Waals surface area contributed by atoms with Gasteiger partial charge in [0, 0.05) is 18.5 Å². The first-order chi connectivity index (χ1) is 9.72. The van der Waals surface area contributed by atoms with Gasteiger partial charge in [0.25, 0.3) is 5.91 Å². The van der Waals surface area contributed by atoms with Crippen LogP contribution in [0.5, 0.6) is 0 Å². The zero-order chi connectivity index (χ0) is 13.9. The van der Waals surface area contributed by atoms with E-state index in [4.69, 9.17) is 4.42 Å². The Hall–Kier alpha value is -1.78. The molecule has 1 aromatic heterocycles. The van der Waals surface area contributed by atoms with Crippen LogP contribution in [0, 0.1) is 6.92 Å². The van der Waals surface area contributed by atoms with Crippen LogP contribution >= 0.6 is 12.4 Å². The Morgan fingerprint density at radius 2 is 2.24 bits per heavy atom. The zero-order valence-electron chi connectivity index (χ0n) is 11.9. The summed E-state index contributed by atoms with van der Waals surface area (Å²) in [5, 5.41) is 7.13. The third-order valence-corrected chi connectivity index (χ3v) is 3.53. The quantitative estimate of drug-likeness (QED) is 0.857. The van der Waals surface area contributed by atoms with Crippen molar-refractivity contribution in [2.24, 2.45) is 0 Å². The van der Waals surface area contributed by atoms with Crippen LogP contribution in [0.2, 0.25) is 0 Å². The van der Waals surface area contributed by atoms with Crippen LogP contribution in [0.1, 0.15) is 22.5 Å². The summed E-state index contributed by atoms with van der Waals surface area (Å²) in [5.74, 6) is 0.221. The molecule has 0 atom stereocenters. The van der Waals surface area contributed by atoms with Crippen molar-refractivity contribution in [3.8, 4) is 0 Å². The van der Waals surface area contributed by atoms with E-state index in [0.29, 0.717) is 12.3 Å². The fourth-order valence-corrected chi connectivity index (χ4v) is 2.39. The largest absolute Gasteiger partial charge is 0.451 e. The van der Waals surface area contributed by atoms with E-state index in [9.17, 15) is 4.79 Å². The van der Waals surface area contributed by atoms with Gasteiger partial charge in [-0.05, 0) is 38.1 Å². The molecule has 2 heterocycles. The van der Waals surface area contributed by atoms with Gasteiger partial charge in [-0.1, -0.05) is 23.3 Å². The third kappa shape index (κ3) is 3.65. The average molecular weight is 307 g/mol. The molecule has 0 unspecified atom stereocenters. The lowest BCUT2D eigenvalue weighted by atomic mass is 10.1. The highest BCUT2D eigenvalue weighted by atomic mass is 35.5. The number of rotatable bonds is 3. The van der Waals surface area contributed by atoms with E-state index in [-0.39, 0.29) is 18.3 Å². The highest BCUT2D eigenvalue weighted by Crippen LogP contribution is 2.20. The summed E-state index contributed by atoms with van der Waals surface area (Å²) in [6.45, 7) is 4.48. The van der Waals surface area contributed by atoms with Crippen molar-refractivity contribution in [2.75, 3.05) is 19.6 Å². The summed E-state index contributed by atoms with van der Waals surface area (Å²) in [7, 11) is 0. The lowest BCUT2D eigenvalue weighted by Gasteiger charge is -2.13. The lowest BCUT2D eigenvalue weighted by molar-refractivity contribution is 0.0931. The predicted octanol–water partition coefficient (Wildman–Crippen LogP) is 2.81. The van der Waals surface area contributed by atoms with Gasteiger partial charge in [0.15, 0.2) is 5.76 Å². The van der Waals surface area contributed by atoms with E-state index in [1.54, 1.807) is 6.07 Å². The molecule has 4 nitrogen and oxygen atoms in total. The Bertz CT molecular complexity index is 676. The van der Waals surface area contributed by atoms with Gasteiger partial charge in [0.05, 0.1) is 0 Å². The van der Waals surface area contributed by atoms with Gasteiger partial charge in [0.1, 0.15) is 5.58 Å². The minimum Gasteiger partial charge on any atom is -0.451 e. The molecule has 0 aliphatic carbocycles. The molecular formula is C16H19ClN2O2. The number of fused-ring (bicyclic) bond motifs is 1. The highest BCUT2D eigenvalue weighted by Gasteiger charge is 2.13. The lowest BCUT2D eigenvalue weighted by Crippen LogP contribution is -2.29. The second kappa shape index (κ2) is 6.78. The Kier molecular flexibility index (Phi) is 5.04. The molecule has 1 amide bonds. The molecule has 0 bridgehead atoms. The smallest absolute Gasteiger partial charge is 0.287 e. The van der Waals surface area contributed by atoms with E-state index >= 15 is 0 Å². The second-order valence-corrected chi connectivity index (χ2v) is 5.15. The van der Waals surface area contributed by atoms with E-state index in [1.165, 1.54) is 5.57 Å². The Balaban J connectivity index is 0.00000161. The molecule has 5 heteroatoms. The van der Waals surface area contributed by atoms with Crippen LogP contribution in [-0.4, -0.2) is 25.5 Å². The molecule has 21 heavy (non-hydrogen) atoms. The molecule has 0 fully saturated rings. The number of furan rings is 1. The van der Waals surface area contributed by atoms with Gasteiger partial charge in [-0.3, -0.25) is 4.79 Å². The number of carbonyl (C=O) groups excluding carboxylic acids is 1. The van der Waals surface area contributed by atoms with E-state index < -0.39 is 0 Å². The van der Waals surface area contributed by atoms with Crippen LogP contribution in [-0.2, 0) is 0 Å². The molecule has 2 aromatic rings. The maximum atomic E-state index is 12.1. The Labute approximate surface area is 130 Å². The zero-order valence-corrected chi connectivity index (χ0v) is 12.8. The van der Waals surface area contributed by atoms with Crippen LogP contribution in [0.4, 0.5) is 0 Å². The topological polar surface area (TPSA) is 54.3 Å². The van der Waals surface area contributed by atoms with Gasteiger partial charge in [-0.2, -0.15) is 0 Å². The van der Waals surface area contributed by atoms with Crippen LogP contribution in [0.15, 0.2) is 40.3 Å². The van der Waals surface area contributed by atoms with Crippen molar-refractivity contribution >= 4 is 29.3 Å². The third-order valence-electron chi connectivity index (χ3n) is 3.53. The fourth-order valence-electron chi connectivity index (χ4n) is 2.39. The fraction of sp³-hybridized carbons (Fsp3) is 0.312. The van der Waals surface area contributed by atoms with Crippen molar-refractivity contribution in [1.82, 2.24) is 10.6 Å². The maximum absolute atomic E-state index is 12.1. The second-order valence-electron chi connectivity index (χ2n) is 5.15. The first-order valence-corrected chi connectivity index (χ1v) is 6.89. The van der Waals surface area contributed by atoms with Crippen LogP contribution in [0.25, 0.3) is 11.0 Å². The summed E-state index contributed by atoms with van der Waals surface area (Å²) in [4.78, 5) is 12.1. The molecular weight excluding hydrogens is 288 g/mol. The number of carbonyl (C=O) groups is 1. The van der Waals surface area contributed by atoms with Crippen LogP contribution in [0.3, 0.4) is 0 Å². The number of amides is 1. The molecule has 112 valence electrons. The maximum Gasteiger partial charge on any atom is 0.287 e. The van der Waals surface area contributed by atoms with Gasteiger partial charge in [-0.15, -0.1) is 12.4 Å². The summed E-state index contributed by atoms with van der Waals surface area (Å²) < 4.78 is 5.58. The Morgan fingerprint density at radius 3 is 3.00 bits per heavy atom. The molecule has 0 saturated heterocycles. The highest BCUT2D eigenvalue weighted by molar-refractivity contribution is 5.96. The van der Waals surface area contributed by atoms with Gasteiger partial charge >= 0.3 is 0 Å².